The molecule has 0 atom stereocenters. The molecule has 0 saturated heterocycles. The Labute approximate surface area is 111 Å². The highest BCUT2D eigenvalue weighted by Gasteiger charge is 2.10. The van der Waals surface area contributed by atoms with Crippen LogP contribution >= 0.6 is 0 Å². The molecule has 0 aromatic heterocycles. The summed E-state index contributed by atoms with van der Waals surface area (Å²) < 4.78 is 5.08. The van der Waals surface area contributed by atoms with Gasteiger partial charge in [0.2, 0.25) is 0 Å². The van der Waals surface area contributed by atoms with E-state index in [1.807, 2.05) is 12.1 Å². The first kappa shape index (κ1) is 12.8. The summed E-state index contributed by atoms with van der Waals surface area (Å²) in [6.45, 7) is 0. The van der Waals surface area contributed by atoms with E-state index in [1.54, 1.807) is 43.5 Å². The Morgan fingerprint density at radius 1 is 1.26 bits per heavy atom. The Morgan fingerprint density at radius 3 is 2.37 bits per heavy atom. The molecule has 0 spiro atoms. The van der Waals surface area contributed by atoms with Gasteiger partial charge in [0, 0.05) is 0 Å². The van der Waals surface area contributed by atoms with Crippen LogP contribution in [0.1, 0.15) is 5.56 Å². The lowest BCUT2D eigenvalue weighted by Crippen LogP contribution is -1.99. The van der Waals surface area contributed by atoms with Crippen LogP contribution in [0.3, 0.4) is 0 Å². The molecule has 0 saturated carbocycles. The van der Waals surface area contributed by atoms with E-state index in [1.165, 1.54) is 0 Å². The molecule has 4 heteroatoms. The smallest absolute Gasteiger partial charge is 0.129 e. The first-order valence-electron chi connectivity index (χ1n) is 5.76. The number of hydrogen-bond donors (Lipinski definition) is 0. The summed E-state index contributed by atoms with van der Waals surface area (Å²) in [5.74, 6) is 0.742. The molecule has 1 aromatic carbocycles. The van der Waals surface area contributed by atoms with E-state index < -0.39 is 6.04 Å². The average Bonchev–Trinajstić information content (AvgIpc) is 2.49. The second-order valence-electron chi connectivity index (χ2n) is 3.98. The summed E-state index contributed by atoms with van der Waals surface area (Å²) >= 11 is 0. The lowest BCUT2D eigenvalue weighted by atomic mass is 9.97. The number of allylic oxidation sites excluding steroid dienone is 4. The molecule has 0 bridgehead atoms. The van der Waals surface area contributed by atoms with Gasteiger partial charge >= 0.3 is 0 Å². The maximum atomic E-state index is 10.4. The predicted octanol–water partition coefficient (Wildman–Crippen LogP) is 3.23. The van der Waals surface area contributed by atoms with Gasteiger partial charge in [-0.3, -0.25) is 0 Å². The fraction of sp³-hybridized carbons (Fsp3) is 0.133. The normalized spacial score (nSPS) is 16.8. The van der Waals surface area contributed by atoms with Crippen LogP contribution in [0.2, 0.25) is 0 Å². The van der Waals surface area contributed by atoms with E-state index in [-0.39, 0.29) is 0 Å². The molecule has 19 heavy (non-hydrogen) atoms. The van der Waals surface area contributed by atoms with Gasteiger partial charge in [0.15, 0.2) is 0 Å². The Hall–Kier alpha value is -2.67. The van der Waals surface area contributed by atoms with Gasteiger partial charge < -0.3 is 4.74 Å². The minimum atomic E-state index is -0.445. The molecular weight excluding hydrogens is 240 g/mol. The fourth-order valence-electron chi connectivity index (χ4n) is 1.81. The van der Waals surface area contributed by atoms with Crippen LogP contribution in [0.15, 0.2) is 59.3 Å². The molecule has 0 radical (unpaired) electrons. The minimum Gasteiger partial charge on any atom is -0.497 e. The van der Waals surface area contributed by atoms with E-state index in [0.29, 0.717) is 5.57 Å². The van der Waals surface area contributed by atoms with E-state index in [0.717, 1.165) is 16.9 Å². The zero-order valence-corrected chi connectivity index (χ0v) is 10.4. The van der Waals surface area contributed by atoms with Crippen molar-refractivity contribution in [2.45, 2.75) is 6.04 Å². The fourth-order valence-corrected chi connectivity index (χ4v) is 1.81. The van der Waals surface area contributed by atoms with Crippen LogP contribution in [0.5, 0.6) is 5.75 Å². The van der Waals surface area contributed by atoms with Gasteiger partial charge in [-0.25, -0.2) is 0 Å². The third-order valence-corrected chi connectivity index (χ3v) is 2.85. The largest absolute Gasteiger partial charge is 0.497 e. The quantitative estimate of drug-likeness (QED) is 0.612. The van der Waals surface area contributed by atoms with Crippen molar-refractivity contribution in [1.82, 2.24) is 0 Å². The first-order valence-corrected chi connectivity index (χ1v) is 5.76. The molecule has 0 N–H and O–H groups in total. The van der Waals surface area contributed by atoms with Crippen molar-refractivity contribution in [3.05, 3.63) is 64.6 Å². The van der Waals surface area contributed by atoms with E-state index in [4.69, 9.17) is 4.74 Å². The SMILES string of the molecule is COc1ccc(C(C#N)=C2C=CC(N=O)C=C2)cc1. The van der Waals surface area contributed by atoms with E-state index in [2.05, 4.69) is 11.2 Å². The highest BCUT2D eigenvalue weighted by Crippen LogP contribution is 2.24. The van der Waals surface area contributed by atoms with Gasteiger partial charge in [-0.2, -0.15) is 5.26 Å². The second kappa shape index (κ2) is 5.78. The maximum Gasteiger partial charge on any atom is 0.129 e. The van der Waals surface area contributed by atoms with Gasteiger partial charge in [0.05, 0.1) is 12.7 Å². The third kappa shape index (κ3) is 2.78. The van der Waals surface area contributed by atoms with Gasteiger partial charge in [-0.05, 0) is 35.4 Å². The minimum absolute atomic E-state index is 0.445. The summed E-state index contributed by atoms with van der Waals surface area (Å²) in [6, 6.07) is 9.01. The molecule has 1 aliphatic carbocycles. The van der Waals surface area contributed by atoms with Crippen molar-refractivity contribution in [2.24, 2.45) is 5.18 Å². The topological polar surface area (TPSA) is 62.4 Å². The second-order valence-corrected chi connectivity index (χ2v) is 3.98. The van der Waals surface area contributed by atoms with Crippen molar-refractivity contribution in [2.75, 3.05) is 7.11 Å². The lowest BCUT2D eigenvalue weighted by Gasteiger charge is -2.08. The number of nitroso groups, excluding NO2 is 1. The van der Waals surface area contributed by atoms with Gasteiger partial charge in [0.25, 0.3) is 0 Å². The Kier molecular flexibility index (Phi) is 3.89. The molecule has 0 aliphatic heterocycles. The maximum absolute atomic E-state index is 10.4. The molecule has 0 fully saturated rings. The Morgan fingerprint density at radius 2 is 1.89 bits per heavy atom. The molecule has 1 aliphatic rings. The van der Waals surface area contributed by atoms with Crippen LogP contribution in [-0.4, -0.2) is 13.2 Å². The van der Waals surface area contributed by atoms with Crippen LogP contribution < -0.4 is 4.74 Å². The molecule has 94 valence electrons. The summed E-state index contributed by atoms with van der Waals surface area (Å²) in [4.78, 5) is 10.4. The number of benzene rings is 1. The Balaban J connectivity index is 2.37. The monoisotopic (exact) mass is 252 g/mol. The first-order chi connectivity index (χ1) is 9.28. The van der Waals surface area contributed by atoms with Crippen molar-refractivity contribution in [3.63, 3.8) is 0 Å². The zero-order valence-electron chi connectivity index (χ0n) is 10.4. The van der Waals surface area contributed by atoms with Gasteiger partial charge in [-0.15, -0.1) is 4.91 Å². The highest BCUT2D eigenvalue weighted by molar-refractivity contribution is 5.83. The van der Waals surface area contributed by atoms with Crippen LogP contribution in [0.4, 0.5) is 0 Å². The predicted molar refractivity (Wildman–Crippen MR) is 73.4 cm³/mol. The van der Waals surface area contributed by atoms with Crippen LogP contribution in [0.25, 0.3) is 5.57 Å². The summed E-state index contributed by atoms with van der Waals surface area (Å²) in [7, 11) is 1.60. The molecule has 1 aromatic rings. The lowest BCUT2D eigenvalue weighted by molar-refractivity contribution is 0.415. The average molecular weight is 252 g/mol. The van der Waals surface area contributed by atoms with Crippen molar-refractivity contribution >= 4 is 5.57 Å². The number of ether oxygens (including phenoxy) is 1. The molecule has 0 unspecified atom stereocenters. The number of hydrogen-bond acceptors (Lipinski definition) is 4. The molecule has 0 heterocycles. The molecule has 0 amide bonds. The molecule has 2 rings (SSSR count). The van der Waals surface area contributed by atoms with Crippen molar-refractivity contribution < 1.29 is 4.74 Å². The Bertz CT molecular complexity index is 588. The summed E-state index contributed by atoms with van der Waals surface area (Å²) in [5.41, 5.74) is 2.14. The van der Waals surface area contributed by atoms with Gasteiger partial charge in [0.1, 0.15) is 17.9 Å². The van der Waals surface area contributed by atoms with Crippen molar-refractivity contribution in [1.29, 1.82) is 5.26 Å². The van der Waals surface area contributed by atoms with E-state index in [9.17, 15) is 10.2 Å². The number of nitriles is 1. The van der Waals surface area contributed by atoms with Crippen LogP contribution in [-0.2, 0) is 0 Å². The number of methoxy groups -OCH3 is 1. The van der Waals surface area contributed by atoms with Crippen molar-refractivity contribution in [3.8, 4) is 11.8 Å². The number of rotatable bonds is 3. The third-order valence-electron chi connectivity index (χ3n) is 2.85. The molecular formula is C15H12N2O2. The summed E-state index contributed by atoms with van der Waals surface area (Å²) in [6.07, 6.45) is 6.83. The van der Waals surface area contributed by atoms with Gasteiger partial charge in [-0.1, -0.05) is 29.5 Å². The summed E-state index contributed by atoms with van der Waals surface area (Å²) in [5, 5.41) is 12.2. The van der Waals surface area contributed by atoms with E-state index >= 15 is 0 Å². The number of nitrogens with zero attached hydrogens (tertiary/aromatic N) is 2. The molecule has 4 nitrogen and oxygen atoms in total. The van der Waals surface area contributed by atoms with Crippen LogP contribution in [0, 0.1) is 16.2 Å². The highest BCUT2D eigenvalue weighted by atomic mass is 16.5. The zero-order chi connectivity index (χ0) is 13.7. The standard InChI is InChI=1S/C15H12N2O2/c1-19-14-8-4-12(5-9-14)15(10-16)11-2-6-13(17-18)7-3-11/h2-9,13H,1H3.